The van der Waals surface area contributed by atoms with Crippen molar-refractivity contribution in [3.8, 4) is 0 Å². The second-order valence-electron chi connectivity index (χ2n) is 2.97. The predicted molar refractivity (Wildman–Crippen MR) is 64.2 cm³/mol. The van der Waals surface area contributed by atoms with E-state index in [0.29, 0.717) is 10.7 Å². The van der Waals surface area contributed by atoms with E-state index in [1.807, 2.05) is 19.4 Å². The summed E-state index contributed by atoms with van der Waals surface area (Å²) >= 11 is 1.42. The minimum Gasteiger partial charge on any atom is -0.319 e. The molecule has 1 rings (SSSR count). The minimum absolute atomic E-state index is 0.0879. The highest BCUT2D eigenvalue weighted by Crippen LogP contribution is 2.04. The van der Waals surface area contributed by atoms with Crippen LogP contribution in [0, 0.1) is 0 Å². The highest BCUT2D eigenvalue weighted by molar-refractivity contribution is 7.98. The third-order valence-corrected chi connectivity index (χ3v) is 2.45. The Bertz CT molecular complexity index is 386. The van der Waals surface area contributed by atoms with Crippen LogP contribution in [0.2, 0.25) is 0 Å². The quantitative estimate of drug-likeness (QED) is 0.448. The Kier molecular flexibility index (Phi) is 5.14. The van der Waals surface area contributed by atoms with Crippen molar-refractivity contribution >= 4 is 17.8 Å². The molecule has 0 bridgehead atoms. The van der Waals surface area contributed by atoms with Crippen molar-refractivity contribution in [3.05, 3.63) is 28.2 Å². The van der Waals surface area contributed by atoms with E-state index < -0.39 is 0 Å². The molecule has 0 saturated carbocycles. The number of aromatic amines is 1. The van der Waals surface area contributed by atoms with Gasteiger partial charge in [-0.1, -0.05) is 23.9 Å². The zero-order chi connectivity index (χ0) is 11.1. The number of H-pyrrole nitrogens is 1. The van der Waals surface area contributed by atoms with Gasteiger partial charge in [-0.15, -0.1) is 0 Å². The van der Waals surface area contributed by atoms with Crippen LogP contribution in [-0.2, 0) is 0 Å². The summed E-state index contributed by atoms with van der Waals surface area (Å²) in [6.07, 6.45) is 8.14. The predicted octanol–water partition coefficient (Wildman–Crippen LogP) is 1.11. The van der Waals surface area contributed by atoms with Crippen molar-refractivity contribution in [2.75, 3.05) is 19.8 Å². The van der Waals surface area contributed by atoms with Gasteiger partial charge in [0, 0.05) is 6.20 Å². The molecule has 2 N–H and O–H groups in total. The number of rotatable bonds is 5. The van der Waals surface area contributed by atoms with E-state index >= 15 is 0 Å². The lowest BCUT2D eigenvalue weighted by Crippen LogP contribution is -2.11. The average molecular weight is 225 g/mol. The van der Waals surface area contributed by atoms with E-state index in [4.69, 9.17) is 0 Å². The second kappa shape index (κ2) is 6.42. The average Bonchev–Trinajstić information content (AvgIpc) is 2.26. The third-order valence-electron chi connectivity index (χ3n) is 1.86. The molecule has 0 amide bonds. The van der Waals surface area contributed by atoms with Crippen LogP contribution in [0.25, 0.3) is 6.08 Å². The molecule has 1 aromatic heterocycles. The van der Waals surface area contributed by atoms with Crippen molar-refractivity contribution in [1.29, 1.82) is 0 Å². The summed E-state index contributed by atoms with van der Waals surface area (Å²) in [5.74, 6) is 0. The van der Waals surface area contributed by atoms with E-state index in [1.54, 1.807) is 12.3 Å². The van der Waals surface area contributed by atoms with E-state index in [9.17, 15) is 4.79 Å². The van der Waals surface area contributed by atoms with Crippen LogP contribution in [0.4, 0.5) is 0 Å². The molecule has 0 aliphatic carbocycles. The first-order chi connectivity index (χ1) is 7.27. The van der Waals surface area contributed by atoms with Crippen LogP contribution in [0.1, 0.15) is 12.0 Å². The van der Waals surface area contributed by atoms with Gasteiger partial charge in [0.15, 0.2) is 5.16 Å². The molecular formula is C10H15N3OS. The normalized spacial score (nSPS) is 11.1. The van der Waals surface area contributed by atoms with E-state index in [0.717, 1.165) is 13.0 Å². The molecule has 0 aliphatic heterocycles. The highest BCUT2D eigenvalue weighted by atomic mass is 32.2. The molecule has 0 atom stereocenters. The van der Waals surface area contributed by atoms with Gasteiger partial charge < -0.3 is 10.3 Å². The maximum absolute atomic E-state index is 11.5. The molecule has 0 radical (unpaired) electrons. The molecule has 4 nitrogen and oxygen atoms in total. The Morgan fingerprint density at radius 1 is 1.67 bits per heavy atom. The van der Waals surface area contributed by atoms with Crippen molar-refractivity contribution in [3.63, 3.8) is 0 Å². The molecule has 0 aliphatic rings. The first kappa shape index (κ1) is 12.0. The van der Waals surface area contributed by atoms with Crippen molar-refractivity contribution in [1.82, 2.24) is 15.3 Å². The van der Waals surface area contributed by atoms with Gasteiger partial charge in [0.05, 0.1) is 5.56 Å². The van der Waals surface area contributed by atoms with E-state index in [-0.39, 0.29) is 5.56 Å². The van der Waals surface area contributed by atoms with Crippen molar-refractivity contribution in [2.45, 2.75) is 11.6 Å². The lowest BCUT2D eigenvalue weighted by atomic mass is 10.3. The number of nitrogens with zero attached hydrogens (tertiary/aromatic N) is 1. The molecule has 0 unspecified atom stereocenters. The Morgan fingerprint density at radius 2 is 2.47 bits per heavy atom. The van der Waals surface area contributed by atoms with Gasteiger partial charge in [0.1, 0.15) is 0 Å². The van der Waals surface area contributed by atoms with Gasteiger partial charge in [0.25, 0.3) is 5.56 Å². The van der Waals surface area contributed by atoms with Crippen LogP contribution in [0.5, 0.6) is 0 Å². The minimum atomic E-state index is -0.0879. The summed E-state index contributed by atoms with van der Waals surface area (Å²) in [6, 6.07) is 0. The van der Waals surface area contributed by atoms with Crippen LogP contribution >= 0.6 is 11.8 Å². The number of aromatic nitrogens is 2. The van der Waals surface area contributed by atoms with Crippen LogP contribution in [-0.4, -0.2) is 29.8 Å². The summed E-state index contributed by atoms with van der Waals surface area (Å²) < 4.78 is 0. The van der Waals surface area contributed by atoms with Crippen LogP contribution in [0.3, 0.4) is 0 Å². The maximum atomic E-state index is 11.5. The first-order valence-corrected chi connectivity index (χ1v) is 5.95. The smallest absolute Gasteiger partial charge is 0.258 e. The molecule has 1 aromatic rings. The lowest BCUT2D eigenvalue weighted by Gasteiger charge is -1.96. The largest absolute Gasteiger partial charge is 0.319 e. The molecule has 1 heterocycles. The number of hydrogen-bond acceptors (Lipinski definition) is 4. The monoisotopic (exact) mass is 225 g/mol. The van der Waals surface area contributed by atoms with Gasteiger partial charge in [-0.3, -0.25) is 4.79 Å². The van der Waals surface area contributed by atoms with Crippen LogP contribution in [0.15, 0.2) is 22.2 Å². The van der Waals surface area contributed by atoms with Gasteiger partial charge >= 0.3 is 0 Å². The summed E-state index contributed by atoms with van der Waals surface area (Å²) in [4.78, 5) is 18.3. The van der Waals surface area contributed by atoms with Crippen molar-refractivity contribution < 1.29 is 0 Å². The molecule has 0 saturated heterocycles. The molecule has 0 aromatic carbocycles. The second-order valence-corrected chi connectivity index (χ2v) is 3.77. The molecular weight excluding hydrogens is 210 g/mol. The van der Waals surface area contributed by atoms with Crippen LogP contribution < -0.4 is 10.9 Å². The number of hydrogen-bond donors (Lipinski definition) is 2. The Hall–Kier alpha value is -1.07. The molecule has 0 spiro atoms. The Labute approximate surface area is 93.2 Å². The summed E-state index contributed by atoms with van der Waals surface area (Å²) in [6.45, 7) is 0.907. The fraction of sp³-hybridized carbons (Fsp3) is 0.400. The maximum Gasteiger partial charge on any atom is 0.258 e. The highest BCUT2D eigenvalue weighted by Gasteiger charge is 1.97. The van der Waals surface area contributed by atoms with Gasteiger partial charge in [-0.2, -0.15) is 0 Å². The fourth-order valence-corrected chi connectivity index (χ4v) is 1.40. The van der Waals surface area contributed by atoms with Gasteiger partial charge in [0.2, 0.25) is 0 Å². The SMILES string of the molecule is CNCCC=Cc1cnc(SC)[nH]c1=O. The molecule has 5 heteroatoms. The Morgan fingerprint density at radius 3 is 3.07 bits per heavy atom. The Balaban J connectivity index is 2.70. The topological polar surface area (TPSA) is 57.8 Å². The molecule has 0 fully saturated rings. The van der Waals surface area contributed by atoms with Gasteiger partial charge in [-0.05, 0) is 26.3 Å². The van der Waals surface area contributed by atoms with E-state index in [1.165, 1.54) is 11.8 Å². The zero-order valence-electron chi connectivity index (χ0n) is 8.91. The number of thioether (sulfide) groups is 1. The van der Waals surface area contributed by atoms with Crippen molar-refractivity contribution in [2.24, 2.45) is 0 Å². The summed E-state index contributed by atoms with van der Waals surface area (Å²) in [5, 5.41) is 3.68. The molecule has 82 valence electrons. The molecule has 15 heavy (non-hydrogen) atoms. The number of nitrogens with one attached hydrogen (secondary N) is 2. The van der Waals surface area contributed by atoms with Gasteiger partial charge in [-0.25, -0.2) is 4.98 Å². The first-order valence-electron chi connectivity index (χ1n) is 4.72. The summed E-state index contributed by atoms with van der Waals surface area (Å²) in [7, 11) is 1.90. The third kappa shape index (κ3) is 3.89. The summed E-state index contributed by atoms with van der Waals surface area (Å²) in [5.41, 5.74) is 0.513. The lowest BCUT2D eigenvalue weighted by molar-refractivity contribution is 0.809. The standard InChI is InChI=1S/C10H15N3OS/c1-11-6-4-3-5-8-7-12-10(15-2)13-9(8)14/h3,5,7,11H,4,6H2,1-2H3,(H,12,13,14). The van der Waals surface area contributed by atoms with E-state index in [2.05, 4.69) is 15.3 Å². The zero-order valence-corrected chi connectivity index (χ0v) is 9.73. The fourth-order valence-electron chi connectivity index (χ4n) is 1.05.